The van der Waals surface area contributed by atoms with Crippen LogP contribution in [0, 0.1) is 0 Å². The van der Waals surface area contributed by atoms with Crippen LogP contribution < -0.4 is 0 Å². The minimum absolute atomic E-state index is 0.283. The van der Waals surface area contributed by atoms with Gasteiger partial charge in [0, 0.05) is 25.0 Å². The largest absolute Gasteiger partial charge is 0.339 e. The number of aromatic nitrogens is 1. The van der Waals surface area contributed by atoms with Crippen LogP contribution in [0.2, 0.25) is 0 Å². The summed E-state index contributed by atoms with van der Waals surface area (Å²) in [5.74, 6) is 0.283. The maximum atomic E-state index is 12.5. The number of hydrogen-bond donors (Lipinski definition) is 0. The molecule has 0 bridgehead atoms. The summed E-state index contributed by atoms with van der Waals surface area (Å²) in [7, 11) is 0. The molecular formula is C17H20N2OS. The van der Waals surface area contributed by atoms with Crippen LogP contribution >= 0.6 is 11.3 Å². The van der Waals surface area contributed by atoms with Gasteiger partial charge in [0.05, 0.1) is 6.42 Å². The molecule has 2 aromatic rings. The third-order valence-electron chi connectivity index (χ3n) is 4.15. The van der Waals surface area contributed by atoms with Crippen LogP contribution in [0.5, 0.6) is 0 Å². The van der Waals surface area contributed by atoms with Gasteiger partial charge in [-0.25, -0.2) is 0 Å². The summed E-state index contributed by atoms with van der Waals surface area (Å²) in [5, 5.41) is 4.10. The molecule has 110 valence electrons. The molecule has 1 fully saturated rings. The van der Waals surface area contributed by atoms with Crippen molar-refractivity contribution in [1.29, 1.82) is 0 Å². The van der Waals surface area contributed by atoms with Gasteiger partial charge in [0.2, 0.25) is 5.91 Å². The van der Waals surface area contributed by atoms with E-state index in [1.807, 2.05) is 23.8 Å². The first-order valence-corrected chi connectivity index (χ1v) is 8.46. The van der Waals surface area contributed by atoms with Crippen molar-refractivity contribution in [3.05, 3.63) is 52.5 Å². The average molecular weight is 300 g/mol. The van der Waals surface area contributed by atoms with Crippen molar-refractivity contribution in [3.63, 3.8) is 0 Å². The minimum atomic E-state index is 0.283. The third-order valence-corrected chi connectivity index (χ3v) is 4.88. The van der Waals surface area contributed by atoms with E-state index in [4.69, 9.17) is 0 Å². The Morgan fingerprint density at radius 2 is 2.14 bits per heavy atom. The summed E-state index contributed by atoms with van der Waals surface area (Å²) in [6.07, 6.45) is 8.58. The zero-order chi connectivity index (χ0) is 14.5. The van der Waals surface area contributed by atoms with Crippen molar-refractivity contribution in [3.8, 4) is 0 Å². The summed E-state index contributed by atoms with van der Waals surface area (Å²) < 4.78 is 0. The lowest BCUT2D eigenvalue weighted by molar-refractivity contribution is -0.131. The van der Waals surface area contributed by atoms with Crippen LogP contribution in [-0.4, -0.2) is 28.4 Å². The van der Waals surface area contributed by atoms with E-state index < -0.39 is 0 Å². The summed E-state index contributed by atoms with van der Waals surface area (Å²) in [6.45, 7) is 0.921. The molecule has 3 heterocycles. The number of aryl methyl sites for hydroxylation is 1. The molecule has 3 nitrogen and oxygen atoms in total. The fraction of sp³-hybridized carbons (Fsp3) is 0.412. The van der Waals surface area contributed by atoms with Crippen LogP contribution in [0.3, 0.4) is 0 Å². The molecule has 0 N–H and O–H groups in total. The number of rotatable bonds is 5. The fourth-order valence-electron chi connectivity index (χ4n) is 3.02. The second-order valence-corrected chi connectivity index (χ2v) is 6.37. The number of likely N-dealkylation sites (tertiary alicyclic amines) is 1. The van der Waals surface area contributed by atoms with Crippen molar-refractivity contribution in [2.45, 2.75) is 38.1 Å². The predicted molar refractivity (Wildman–Crippen MR) is 85.3 cm³/mol. The first-order valence-electron chi connectivity index (χ1n) is 7.52. The molecule has 3 rings (SSSR count). The molecule has 4 heteroatoms. The van der Waals surface area contributed by atoms with Crippen molar-refractivity contribution in [1.82, 2.24) is 9.88 Å². The Morgan fingerprint density at radius 1 is 1.29 bits per heavy atom. The maximum absolute atomic E-state index is 12.5. The summed E-state index contributed by atoms with van der Waals surface area (Å²) in [6, 6.07) is 6.58. The van der Waals surface area contributed by atoms with Crippen molar-refractivity contribution in [2.24, 2.45) is 0 Å². The highest BCUT2D eigenvalue weighted by Crippen LogP contribution is 2.23. The topological polar surface area (TPSA) is 33.2 Å². The first-order chi connectivity index (χ1) is 10.3. The molecule has 0 aromatic carbocycles. The molecular weight excluding hydrogens is 280 g/mol. The van der Waals surface area contributed by atoms with E-state index >= 15 is 0 Å². The van der Waals surface area contributed by atoms with Crippen LogP contribution in [0.15, 0.2) is 41.4 Å². The molecule has 0 aliphatic carbocycles. The zero-order valence-electron chi connectivity index (χ0n) is 12.1. The SMILES string of the molecule is O=C(Cc1ccsc1)N1CCCC1CCc1ccncc1. The number of pyridine rings is 1. The minimum Gasteiger partial charge on any atom is -0.339 e. The van der Waals surface area contributed by atoms with Crippen molar-refractivity contribution in [2.75, 3.05) is 6.54 Å². The highest BCUT2D eigenvalue weighted by atomic mass is 32.1. The quantitative estimate of drug-likeness (QED) is 0.849. The Balaban J connectivity index is 1.56. The molecule has 1 amide bonds. The van der Waals surface area contributed by atoms with Gasteiger partial charge in [0.25, 0.3) is 0 Å². The first kappa shape index (κ1) is 14.3. The van der Waals surface area contributed by atoms with Gasteiger partial charge in [-0.15, -0.1) is 0 Å². The normalized spacial score (nSPS) is 18.1. The van der Waals surface area contributed by atoms with Gasteiger partial charge in [0.15, 0.2) is 0 Å². The van der Waals surface area contributed by atoms with Crippen LogP contribution in [0.1, 0.15) is 30.4 Å². The zero-order valence-corrected chi connectivity index (χ0v) is 12.9. The number of thiophene rings is 1. The molecule has 2 aromatic heterocycles. The van der Waals surface area contributed by atoms with E-state index in [0.29, 0.717) is 12.5 Å². The van der Waals surface area contributed by atoms with Crippen molar-refractivity contribution >= 4 is 17.2 Å². The summed E-state index contributed by atoms with van der Waals surface area (Å²) in [4.78, 5) is 18.6. The second kappa shape index (κ2) is 6.85. The second-order valence-electron chi connectivity index (χ2n) is 5.59. The summed E-state index contributed by atoms with van der Waals surface area (Å²) >= 11 is 1.66. The van der Waals surface area contributed by atoms with E-state index in [9.17, 15) is 4.79 Å². The van der Waals surface area contributed by atoms with Crippen LogP contribution in [0.25, 0.3) is 0 Å². The lowest BCUT2D eigenvalue weighted by atomic mass is 10.0. The predicted octanol–water partition coefficient (Wildman–Crippen LogP) is 3.31. The van der Waals surface area contributed by atoms with E-state index in [1.165, 1.54) is 5.56 Å². The Morgan fingerprint density at radius 3 is 2.90 bits per heavy atom. The number of amides is 1. The van der Waals surface area contributed by atoms with Gasteiger partial charge >= 0.3 is 0 Å². The van der Waals surface area contributed by atoms with Gasteiger partial charge in [-0.1, -0.05) is 0 Å². The average Bonchev–Trinajstić information content (AvgIpc) is 3.17. The molecule has 1 saturated heterocycles. The van der Waals surface area contributed by atoms with Gasteiger partial charge in [-0.2, -0.15) is 11.3 Å². The maximum Gasteiger partial charge on any atom is 0.227 e. The van der Waals surface area contributed by atoms with Crippen molar-refractivity contribution < 1.29 is 4.79 Å². The number of carbonyl (C=O) groups excluding carboxylic acids is 1. The summed E-state index contributed by atoms with van der Waals surface area (Å²) in [5.41, 5.74) is 2.45. The number of hydrogen-bond acceptors (Lipinski definition) is 3. The van der Waals surface area contributed by atoms with E-state index in [-0.39, 0.29) is 5.91 Å². The Bertz CT molecular complexity index is 568. The highest BCUT2D eigenvalue weighted by molar-refractivity contribution is 7.07. The lowest BCUT2D eigenvalue weighted by Gasteiger charge is -2.24. The number of nitrogens with zero attached hydrogens (tertiary/aromatic N) is 2. The molecule has 21 heavy (non-hydrogen) atoms. The molecule has 0 radical (unpaired) electrons. The van der Waals surface area contributed by atoms with Crippen LogP contribution in [-0.2, 0) is 17.6 Å². The molecule has 1 aliphatic rings. The monoisotopic (exact) mass is 300 g/mol. The van der Waals surface area contributed by atoms with E-state index in [0.717, 1.165) is 37.8 Å². The smallest absolute Gasteiger partial charge is 0.227 e. The lowest BCUT2D eigenvalue weighted by Crippen LogP contribution is -2.36. The Kier molecular flexibility index (Phi) is 4.65. The van der Waals surface area contributed by atoms with Crippen LogP contribution in [0.4, 0.5) is 0 Å². The van der Waals surface area contributed by atoms with Gasteiger partial charge in [-0.3, -0.25) is 9.78 Å². The molecule has 0 spiro atoms. The molecule has 1 atom stereocenters. The highest BCUT2D eigenvalue weighted by Gasteiger charge is 2.28. The Labute approximate surface area is 129 Å². The standard InChI is InChI=1S/C17H20N2OS/c20-17(12-15-7-11-21-13-15)19-10-1-2-16(19)4-3-14-5-8-18-9-6-14/h5-9,11,13,16H,1-4,10,12H2. The van der Waals surface area contributed by atoms with Gasteiger partial charge in [0.1, 0.15) is 0 Å². The molecule has 0 saturated carbocycles. The fourth-order valence-corrected chi connectivity index (χ4v) is 3.68. The Hall–Kier alpha value is -1.68. The van der Waals surface area contributed by atoms with E-state index in [1.54, 1.807) is 11.3 Å². The third kappa shape index (κ3) is 3.70. The van der Waals surface area contributed by atoms with E-state index in [2.05, 4.69) is 27.4 Å². The molecule has 1 aliphatic heterocycles. The van der Waals surface area contributed by atoms with Gasteiger partial charge < -0.3 is 4.90 Å². The molecule has 1 unspecified atom stereocenters. The number of carbonyl (C=O) groups is 1. The van der Waals surface area contributed by atoms with Gasteiger partial charge in [-0.05, 0) is 65.8 Å².